The summed E-state index contributed by atoms with van der Waals surface area (Å²) in [6.07, 6.45) is 0.203. The van der Waals surface area contributed by atoms with E-state index in [9.17, 15) is 18.0 Å². The van der Waals surface area contributed by atoms with Crippen LogP contribution < -0.4 is 5.32 Å². The molecular weight excluding hydrogens is 393 g/mol. The number of hydrogen-bond donors (Lipinski definition) is 1. The molecule has 1 spiro atoms. The van der Waals surface area contributed by atoms with E-state index in [2.05, 4.69) is 10.4 Å². The van der Waals surface area contributed by atoms with Crippen molar-refractivity contribution >= 4 is 18.3 Å². The molecule has 1 aromatic carbocycles. The van der Waals surface area contributed by atoms with Crippen molar-refractivity contribution in [1.29, 1.82) is 0 Å². The molecule has 2 saturated heterocycles. The van der Waals surface area contributed by atoms with E-state index in [0.29, 0.717) is 18.5 Å². The van der Waals surface area contributed by atoms with Crippen LogP contribution in [0.1, 0.15) is 35.3 Å². The zero-order valence-corrected chi connectivity index (χ0v) is 16.0. The van der Waals surface area contributed by atoms with Crippen LogP contribution >= 0.6 is 12.4 Å². The van der Waals surface area contributed by atoms with E-state index in [1.165, 1.54) is 23.0 Å². The average molecular weight is 415 g/mol. The maximum atomic E-state index is 12.9. The molecule has 3 heterocycles. The molecule has 5 nitrogen and oxygen atoms in total. The minimum atomic E-state index is -4.42. The Hall–Kier alpha value is -2.06. The fourth-order valence-corrected chi connectivity index (χ4v) is 3.97. The van der Waals surface area contributed by atoms with Gasteiger partial charge in [0.2, 0.25) is 0 Å². The fraction of sp³-hybridized carbons (Fsp3) is 0.474. The molecule has 2 aliphatic heterocycles. The van der Waals surface area contributed by atoms with E-state index in [0.717, 1.165) is 44.5 Å². The van der Waals surface area contributed by atoms with Gasteiger partial charge in [-0.2, -0.15) is 18.3 Å². The van der Waals surface area contributed by atoms with Crippen LogP contribution in [-0.2, 0) is 6.18 Å². The van der Waals surface area contributed by atoms with E-state index in [1.807, 2.05) is 0 Å². The normalized spacial score (nSPS) is 18.9. The summed E-state index contributed by atoms with van der Waals surface area (Å²) < 4.78 is 40.0. The van der Waals surface area contributed by atoms with Crippen molar-refractivity contribution in [1.82, 2.24) is 20.0 Å². The Morgan fingerprint density at radius 2 is 1.89 bits per heavy atom. The van der Waals surface area contributed by atoms with Crippen molar-refractivity contribution in [2.24, 2.45) is 5.41 Å². The number of halogens is 4. The lowest BCUT2D eigenvalue weighted by Crippen LogP contribution is -2.44. The predicted molar refractivity (Wildman–Crippen MR) is 101 cm³/mol. The molecule has 28 heavy (non-hydrogen) atoms. The number of alkyl halides is 3. The second kappa shape index (κ2) is 7.75. The lowest BCUT2D eigenvalue weighted by atomic mass is 9.78. The van der Waals surface area contributed by atoms with Crippen LogP contribution in [0.15, 0.2) is 36.5 Å². The van der Waals surface area contributed by atoms with E-state index in [4.69, 9.17) is 0 Å². The highest BCUT2D eigenvalue weighted by atomic mass is 35.5. The van der Waals surface area contributed by atoms with Gasteiger partial charge >= 0.3 is 6.18 Å². The molecule has 9 heteroatoms. The number of carbonyl (C=O) groups excluding carboxylic acids is 1. The van der Waals surface area contributed by atoms with Gasteiger partial charge in [-0.15, -0.1) is 12.4 Å². The zero-order chi connectivity index (χ0) is 19.1. The molecule has 2 fully saturated rings. The van der Waals surface area contributed by atoms with Gasteiger partial charge in [0, 0.05) is 25.8 Å². The number of amides is 1. The summed E-state index contributed by atoms with van der Waals surface area (Å²) in [7, 11) is 0. The average Bonchev–Trinajstić information content (AvgIpc) is 3.31. The Kier molecular flexibility index (Phi) is 5.72. The van der Waals surface area contributed by atoms with Gasteiger partial charge in [0.05, 0.1) is 11.3 Å². The highest BCUT2D eigenvalue weighted by Gasteiger charge is 2.38. The maximum Gasteiger partial charge on any atom is 0.416 e. The molecule has 0 radical (unpaired) electrons. The minimum Gasteiger partial charge on any atom is -0.337 e. The number of nitrogens with one attached hydrogen (secondary N) is 1. The smallest absolute Gasteiger partial charge is 0.337 e. The quantitative estimate of drug-likeness (QED) is 0.818. The first-order valence-corrected chi connectivity index (χ1v) is 9.10. The van der Waals surface area contributed by atoms with E-state index >= 15 is 0 Å². The lowest BCUT2D eigenvalue weighted by molar-refractivity contribution is -0.137. The standard InChI is InChI=1S/C19H21F3N4O.ClH/c20-19(21,22)14-2-1-3-15(12-14)26-9-4-16(24-26)17(27)25-10-6-18(7-11-25)5-8-23-13-18;/h1-4,9,12,23H,5-8,10-11,13H2;1H. The first-order valence-electron chi connectivity index (χ1n) is 9.10. The van der Waals surface area contributed by atoms with Gasteiger partial charge in [0.15, 0.2) is 5.69 Å². The summed E-state index contributed by atoms with van der Waals surface area (Å²) >= 11 is 0. The second-order valence-corrected chi connectivity index (χ2v) is 7.41. The highest BCUT2D eigenvalue weighted by Crippen LogP contribution is 2.37. The first kappa shape index (κ1) is 20.7. The Bertz CT molecular complexity index is 836. The van der Waals surface area contributed by atoms with Crippen molar-refractivity contribution in [3.8, 4) is 5.69 Å². The summed E-state index contributed by atoms with van der Waals surface area (Å²) in [4.78, 5) is 14.5. The molecule has 4 rings (SSSR count). The van der Waals surface area contributed by atoms with Crippen LogP contribution in [-0.4, -0.2) is 46.8 Å². The Labute approximate surface area is 167 Å². The molecule has 2 aromatic rings. The number of benzene rings is 1. The van der Waals surface area contributed by atoms with E-state index in [-0.39, 0.29) is 29.7 Å². The molecule has 0 aliphatic carbocycles. The van der Waals surface area contributed by atoms with Crippen molar-refractivity contribution in [3.05, 3.63) is 47.8 Å². The van der Waals surface area contributed by atoms with Crippen LogP contribution in [0.2, 0.25) is 0 Å². The largest absolute Gasteiger partial charge is 0.416 e. The SMILES string of the molecule is Cl.O=C(c1ccn(-c2cccc(C(F)(F)F)c2)n1)N1CCC2(CCNC2)CC1. The Morgan fingerprint density at radius 3 is 2.54 bits per heavy atom. The minimum absolute atomic E-state index is 0. The molecule has 0 atom stereocenters. The number of rotatable bonds is 2. The van der Waals surface area contributed by atoms with Crippen LogP contribution in [0, 0.1) is 5.41 Å². The summed E-state index contributed by atoms with van der Waals surface area (Å²) in [5, 5.41) is 7.61. The van der Waals surface area contributed by atoms with Gasteiger partial charge in [-0.05, 0) is 55.5 Å². The van der Waals surface area contributed by atoms with E-state index < -0.39 is 11.7 Å². The zero-order valence-electron chi connectivity index (χ0n) is 15.2. The molecule has 0 saturated carbocycles. The van der Waals surface area contributed by atoms with Crippen LogP contribution in [0.5, 0.6) is 0 Å². The summed E-state index contributed by atoms with van der Waals surface area (Å²) in [5.41, 5.74) is 0.107. The number of carbonyl (C=O) groups is 1. The van der Waals surface area contributed by atoms with Crippen molar-refractivity contribution in [2.75, 3.05) is 26.2 Å². The number of aromatic nitrogens is 2. The topological polar surface area (TPSA) is 50.2 Å². The van der Waals surface area contributed by atoms with E-state index in [1.54, 1.807) is 11.0 Å². The third-order valence-electron chi connectivity index (χ3n) is 5.69. The maximum absolute atomic E-state index is 12.9. The molecule has 2 aliphatic rings. The number of nitrogens with zero attached hydrogens (tertiary/aromatic N) is 3. The summed E-state index contributed by atoms with van der Waals surface area (Å²) in [5.74, 6) is -0.165. The van der Waals surface area contributed by atoms with Gasteiger partial charge in [-0.25, -0.2) is 4.68 Å². The van der Waals surface area contributed by atoms with Gasteiger partial charge < -0.3 is 10.2 Å². The lowest BCUT2D eigenvalue weighted by Gasteiger charge is -2.38. The third kappa shape index (κ3) is 4.03. The highest BCUT2D eigenvalue weighted by molar-refractivity contribution is 5.92. The third-order valence-corrected chi connectivity index (χ3v) is 5.69. The molecule has 0 bridgehead atoms. The Balaban J connectivity index is 0.00000225. The molecule has 1 amide bonds. The van der Waals surface area contributed by atoms with Crippen molar-refractivity contribution in [2.45, 2.75) is 25.4 Å². The predicted octanol–water partition coefficient (Wildman–Crippen LogP) is 3.53. The molecule has 0 unspecified atom stereocenters. The second-order valence-electron chi connectivity index (χ2n) is 7.41. The molecule has 1 N–H and O–H groups in total. The van der Waals surface area contributed by atoms with Crippen LogP contribution in [0.3, 0.4) is 0 Å². The van der Waals surface area contributed by atoms with Crippen LogP contribution in [0.4, 0.5) is 13.2 Å². The molecule has 152 valence electrons. The van der Waals surface area contributed by atoms with Gasteiger partial charge in [-0.1, -0.05) is 6.07 Å². The van der Waals surface area contributed by atoms with Gasteiger partial charge in [0.1, 0.15) is 0 Å². The Morgan fingerprint density at radius 1 is 1.14 bits per heavy atom. The fourth-order valence-electron chi connectivity index (χ4n) is 3.97. The summed E-state index contributed by atoms with van der Waals surface area (Å²) in [6.45, 7) is 3.43. The van der Waals surface area contributed by atoms with Crippen molar-refractivity contribution in [3.63, 3.8) is 0 Å². The number of hydrogen-bond acceptors (Lipinski definition) is 3. The van der Waals surface area contributed by atoms with Gasteiger partial charge in [-0.3, -0.25) is 4.79 Å². The monoisotopic (exact) mass is 414 g/mol. The van der Waals surface area contributed by atoms with Crippen LogP contribution in [0.25, 0.3) is 5.69 Å². The number of likely N-dealkylation sites (tertiary alicyclic amines) is 1. The molecular formula is C19H22ClF3N4O. The molecule has 1 aromatic heterocycles. The van der Waals surface area contributed by atoms with Crippen molar-refractivity contribution < 1.29 is 18.0 Å². The summed E-state index contributed by atoms with van der Waals surface area (Å²) in [6, 6.07) is 6.47. The number of piperidine rings is 1. The first-order chi connectivity index (χ1) is 12.9. The van der Waals surface area contributed by atoms with Gasteiger partial charge in [0.25, 0.3) is 5.91 Å².